The van der Waals surface area contributed by atoms with Gasteiger partial charge in [-0.3, -0.25) is 4.99 Å². The van der Waals surface area contributed by atoms with E-state index in [1.54, 1.807) is 0 Å². The van der Waals surface area contributed by atoms with Gasteiger partial charge >= 0.3 is 0 Å². The Labute approximate surface area is 132 Å². The molecule has 0 amide bonds. The van der Waals surface area contributed by atoms with Crippen molar-refractivity contribution in [2.75, 3.05) is 26.3 Å². The largest absolute Gasteiger partial charge is 0.374 e. The highest BCUT2D eigenvalue weighted by molar-refractivity contribution is 5.82. The Morgan fingerprint density at radius 1 is 1.05 bits per heavy atom. The summed E-state index contributed by atoms with van der Waals surface area (Å²) < 4.78 is 11.9. The van der Waals surface area contributed by atoms with Gasteiger partial charge in [0.2, 0.25) is 0 Å². The van der Waals surface area contributed by atoms with Gasteiger partial charge in [-0.15, -0.1) is 0 Å². The summed E-state index contributed by atoms with van der Waals surface area (Å²) in [5.41, 5.74) is 1.34. The van der Waals surface area contributed by atoms with E-state index in [1.807, 2.05) is 0 Å². The maximum Gasteiger partial charge on any atom is 0.170 e. The number of nitrogens with one attached hydrogen (secondary N) is 1. The molecule has 0 saturated carbocycles. The molecular formula is C18H26N2O2. The quantitative estimate of drug-likeness (QED) is 0.878. The van der Waals surface area contributed by atoms with Crippen molar-refractivity contribution in [2.24, 2.45) is 4.99 Å². The molecule has 1 N–H and O–H groups in total. The molecule has 1 fully saturated rings. The minimum absolute atomic E-state index is 0.419. The van der Waals surface area contributed by atoms with Crippen molar-refractivity contribution in [3.05, 3.63) is 35.9 Å². The van der Waals surface area contributed by atoms with Gasteiger partial charge in [0.1, 0.15) is 0 Å². The van der Waals surface area contributed by atoms with Gasteiger partial charge in [-0.25, -0.2) is 0 Å². The molecule has 4 nitrogen and oxygen atoms in total. The Bertz CT molecular complexity index is 481. The van der Waals surface area contributed by atoms with Crippen LogP contribution in [0.5, 0.6) is 0 Å². The van der Waals surface area contributed by atoms with Crippen molar-refractivity contribution in [3.8, 4) is 0 Å². The Kier molecular flexibility index (Phi) is 5.46. The van der Waals surface area contributed by atoms with Crippen LogP contribution in [0, 0.1) is 0 Å². The molecule has 1 aromatic carbocycles. The summed E-state index contributed by atoms with van der Waals surface area (Å²) in [6, 6.07) is 10.5. The lowest BCUT2D eigenvalue weighted by Crippen LogP contribution is -2.37. The van der Waals surface area contributed by atoms with Crippen LogP contribution < -0.4 is 5.32 Å². The fourth-order valence-electron chi connectivity index (χ4n) is 3.13. The van der Waals surface area contributed by atoms with E-state index in [0.717, 1.165) is 44.6 Å². The Balaban J connectivity index is 1.49. The van der Waals surface area contributed by atoms with E-state index in [1.165, 1.54) is 18.4 Å². The standard InChI is InChI=1S/C18H26N2O2/c1-2-6-16(7-3-1)9-10-18(21-14-15-22-18)11-13-20-17-8-4-5-12-19-17/h1-3,6-7H,4-5,8-15H2,(H,19,20). The molecule has 120 valence electrons. The summed E-state index contributed by atoms with van der Waals surface area (Å²) in [4.78, 5) is 4.53. The van der Waals surface area contributed by atoms with E-state index in [9.17, 15) is 0 Å². The summed E-state index contributed by atoms with van der Waals surface area (Å²) in [5, 5.41) is 3.46. The summed E-state index contributed by atoms with van der Waals surface area (Å²) >= 11 is 0. The summed E-state index contributed by atoms with van der Waals surface area (Å²) in [7, 11) is 0. The molecule has 2 aliphatic rings. The van der Waals surface area contributed by atoms with Crippen molar-refractivity contribution in [1.82, 2.24) is 5.32 Å². The number of ether oxygens (including phenoxy) is 2. The maximum absolute atomic E-state index is 5.95. The van der Waals surface area contributed by atoms with Gasteiger partial charge in [-0.05, 0) is 24.8 Å². The second kappa shape index (κ2) is 7.75. The van der Waals surface area contributed by atoms with Crippen LogP contribution in [0.15, 0.2) is 35.3 Å². The average molecular weight is 302 g/mol. The smallest absolute Gasteiger partial charge is 0.170 e. The monoisotopic (exact) mass is 302 g/mol. The number of amidine groups is 1. The van der Waals surface area contributed by atoms with E-state index in [2.05, 4.69) is 40.6 Å². The third kappa shape index (κ3) is 4.31. The number of benzene rings is 1. The van der Waals surface area contributed by atoms with Gasteiger partial charge < -0.3 is 14.8 Å². The lowest BCUT2D eigenvalue weighted by atomic mass is 10.0. The topological polar surface area (TPSA) is 42.9 Å². The first-order chi connectivity index (χ1) is 10.9. The lowest BCUT2D eigenvalue weighted by Gasteiger charge is -2.28. The first kappa shape index (κ1) is 15.5. The van der Waals surface area contributed by atoms with Gasteiger partial charge in [0.05, 0.1) is 19.0 Å². The van der Waals surface area contributed by atoms with E-state index in [-0.39, 0.29) is 0 Å². The van der Waals surface area contributed by atoms with Crippen molar-refractivity contribution >= 4 is 5.84 Å². The highest BCUT2D eigenvalue weighted by atomic mass is 16.7. The molecule has 0 atom stereocenters. The molecule has 0 bridgehead atoms. The minimum atomic E-state index is -0.419. The molecule has 2 heterocycles. The second-order valence-corrected chi connectivity index (χ2v) is 6.06. The number of aryl methyl sites for hydroxylation is 1. The van der Waals surface area contributed by atoms with Gasteiger partial charge in [0.25, 0.3) is 0 Å². The number of aliphatic imine (C=N–C) groups is 1. The Morgan fingerprint density at radius 2 is 1.86 bits per heavy atom. The normalized spacial score (nSPS) is 20.6. The average Bonchev–Trinajstić information content (AvgIpc) is 3.04. The Hall–Kier alpha value is -1.39. The minimum Gasteiger partial charge on any atom is -0.374 e. The SMILES string of the molecule is c1ccc(CCC2(CCNC3=NCCCC3)OCCO2)cc1. The molecule has 2 aliphatic heterocycles. The third-order valence-corrected chi connectivity index (χ3v) is 4.41. The van der Waals surface area contributed by atoms with Gasteiger partial charge in [0.15, 0.2) is 5.79 Å². The lowest BCUT2D eigenvalue weighted by molar-refractivity contribution is -0.165. The predicted octanol–water partition coefficient (Wildman–Crippen LogP) is 2.92. The zero-order chi connectivity index (χ0) is 15.1. The number of hydrogen-bond donors (Lipinski definition) is 1. The molecule has 1 aromatic rings. The number of hydrogen-bond acceptors (Lipinski definition) is 4. The predicted molar refractivity (Wildman–Crippen MR) is 88.2 cm³/mol. The van der Waals surface area contributed by atoms with E-state index in [4.69, 9.17) is 9.47 Å². The van der Waals surface area contributed by atoms with Crippen LogP contribution in [0.4, 0.5) is 0 Å². The third-order valence-electron chi connectivity index (χ3n) is 4.41. The van der Waals surface area contributed by atoms with Crippen LogP contribution in [-0.4, -0.2) is 37.9 Å². The molecule has 0 aliphatic carbocycles. The zero-order valence-electron chi connectivity index (χ0n) is 13.2. The first-order valence-electron chi connectivity index (χ1n) is 8.45. The molecule has 0 aromatic heterocycles. The molecule has 22 heavy (non-hydrogen) atoms. The van der Waals surface area contributed by atoms with Crippen molar-refractivity contribution in [2.45, 2.75) is 44.3 Å². The van der Waals surface area contributed by atoms with Gasteiger partial charge in [-0.1, -0.05) is 30.3 Å². The Morgan fingerprint density at radius 3 is 2.59 bits per heavy atom. The molecule has 0 radical (unpaired) electrons. The molecule has 0 unspecified atom stereocenters. The number of nitrogens with zero attached hydrogens (tertiary/aromatic N) is 1. The van der Waals surface area contributed by atoms with E-state index >= 15 is 0 Å². The second-order valence-electron chi connectivity index (χ2n) is 6.06. The molecule has 1 saturated heterocycles. The molecular weight excluding hydrogens is 276 g/mol. The van der Waals surface area contributed by atoms with E-state index in [0.29, 0.717) is 13.2 Å². The first-order valence-corrected chi connectivity index (χ1v) is 8.45. The fourth-order valence-corrected chi connectivity index (χ4v) is 3.13. The highest BCUT2D eigenvalue weighted by Gasteiger charge is 2.35. The van der Waals surface area contributed by atoms with Crippen LogP contribution in [0.3, 0.4) is 0 Å². The van der Waals surface area contributed by atoms with Crippen LogP contribution in [-0.2, 0) is 15.9 Å². The van der Waals surface area contributed by atoms with E-state index < -0.39 is 5.79 Å². The van der Waals surface area contributed by atoms with Crippen molar-refractivity contribution < 1.29 is 9.47 Å². The van der Waals surface area contributed by atoms with Gasteiger partial charge in [-0.2, -0.15) is 0 Å². The van der Waals surface area contributed by atoms with Crippen LogP contribution in [0.2, 0.25) is 0 Å². The van der Waals surface area contributed by atoms with Crippen molar-refractivity contribution in [1.29, 1.82) is 0 Å². The maximum atomic E-state index is 5.95. The molecule has 0 spiro atoms. The summed E-state index contributed by atoms with van der Waals surface area (Å²) in [6.07, 6.45) is 6.32. The molecule has 3 rings (SSSR count). The fraction of sp³-hybridized carbons (Fsp3) is 0.611. The molecule has 4 heteroatoms. The summed E-state index contributed by atoms with van der Waals surface area (Å²) in [5.74, 6) is 0.736. The van der Waals surface area contributed by atoms with Gasteiger partial charge in [0, 0.05) is 32.4 Å². The van der Waals surface area contributed by atoms with Crippen LogP contribution >= 0.6 is 0 Å². The van der Waals surface area contributed by atoms with Crippen LogP contribution in [0.1, 0.15) is 37.7 Å². The highest BCUT2D eigenvalue weighted by Crippen LogP contribution is 2.28. The zero-order valence-corrected chi connectivity index (χ0v) is 13.2. The van der Waals surface area contributed by atoms with Crippen molar-refractivity contribution in [3.63, 3.8) is 0 Å². The van der Waals surface area contributed by atoms with Crippen LogP contribution in [0.25, 0.3) is 0 Å². The number of rotatable bonds is 6. The summed E-state index contributed by atoms with van der Waals surface area (Å²) in [6.45, 7) is 3.24.